The second-order valence-electron chi connectivity index (χ2n) is 6.46. The summed E-state index contributed by atoms with van der Waals surface area (Å²) < 4.78 is 26.4. The molecule has 0 bridgehead atoms. The standard InChI is InChI=1S/C21H23NO7/c1-12-17(25-3)8-15(9-18(12)26-4)21(24)29-13(2)20(23)22-10-14-5-6-16-19(7-14)28-11-27-16/h5-9,13H,10-11H2,1-4H3,(H,22,23)/t13-/m1/s1. The lowest BCUT2D eigenvalue weighted by molar-refractivity contribution is -0.129. The predicted octanol–water partition coefficient (Wildman–Crippen LogP) is 2.60. The molecule has 1 N–H and O–H groups in total. The number of fused-ring (bicyclic) bond motifs is 1. The van der Waals surface area contributed by atoms with Gasteiger partial charge in [-0.25, -0.2) is 4.79 Å². The van der Waals surface area contributed by atoms with E-state index in [9.17, 15) is 9.59 Å². The van der Waals surface area contributed by atoms with Crippen LogP contribution in [-0.2, 0) is 16.1 Å². The first-order chi connectivity index (χ1) is 13.9. The molecular weight excluding hydrogens is 378 g/mol. The molecule has 1 atom stereocenters. The molecule has 1 amide bonds. The minimum Gasteiger partial charge on any atom is -0.496 e. The number of carbonyl (C=O) groups excluding carboxylic acids is 2. The second kappa shape index (κ2) is 8.72. The molecule has 0 radical (unpaired) electrons. The Labute approximate surface area is 168 Å². The van der Waals surface area contributed by atoms with E-state index in [0.717, 1.165) is 11.1 Å². The van der Waals surface area contributed by atoms with Gasteiger partial charge in [-0.15, -0.1) is 0 Å². The summed E-state index contributed by atoms with van der Waals surface area (Å²) in [5.74, 6) is 1.24. The number of carbonyl (C=O) groups is 2. The van der Waals surface area contributed by atoms with Gasteiger partial charge in [0.2, 0.25) is 6.79 Å². The van der Waals surface area contributed by atoms with Gasteiger partial charge >= 0.3 is 5.97 Å². The second-order valence-corrected chi connectivity index (χ2v) is 6.46. The van der Waals surface area contributed by atoms with E-state index in [1.54, 1.807) is 24.3 Å². The van der Waals surface area contributed by atoms with Crippen molar-refractivity contribution in [2.24, 2.45) is 0 Å². The van der Waals surface area contributed by atoms with Crippen LogP contribution in [-0.4, -0.2) is 39.0 Å². The number of hydrogen-bond donors (Lipinski definition) is 1. The van der Waals surface area contributed by atoms with E-state index in [1.165, 1.54) is 21.1 Å². The van der Waals surface area contributed by atoms with Crippen LogP contribution in [0.1, 0.15) is 28.4 Å². The molecule has 0 aromatic heterocycles. The summed E-state index contributed by atoms with van der Waals surface area (Å²) in [5.41, 5.74) is 1.84. The van der Waals surface area contributed by atoms with Crippen molar-refractivity contribution in [2.75, 3.05) is 21.0 Å². The highest BCUT2D eigenvalue weighted by molar-refractivity contribution is 5.93. The average molecular weight is 401 g/mol. The van der Waals surface area contributed by atoms with Crippen molar-refractivity contribution in [3.05, 3.63) is 47.0 Å². The van der Waals surface area contributed by atoms with Gasteiger partial charge in [0, 0.05) is 12.1 Å². The molecule has 8 heteroatoms. The molecule has 2 aromatic carbocycles. The largest absolute Gasteiger partial charge is 0.496 e. The van der Waals surface area contributed by atoms with Crippen molar-refractivity contribution < 1.29 is 33.3 Å². The molecule has 1 aliphatic heterocycles. The van der Waals surface area contributed by atoms with Gasteiger partial charge in [0.25, 0.3) is 5.91 Å². The maximum atomic E-state index is 12.5. The molecule has 0 fully saturated rings. The Kier molecular flexibility index (Phi) is 6.11. The first-order valence-electron chi connectivity index (χ1n) is 9.02. The Balaban J connectivity index is 1.60. The van der Waals surface area contributed by atoms with E-state index < -0.39 is 18.0 Å². The fraction of sp³-hybridized carbons (Fsp3) is 0.333. The summed E-state index contributed by atoms with van der Waals surface area (Å²) in [6.07, 6.45) is -0.977. The lowest BCUT2D eigenvalue weighted by Crippen LogP contribution is -2.35. The van der Waals surface area contributed by atoms with Crippen molar-refractivity contribution in [3.63, 3.8) is 0 Å². The molecule has 154 valence electrons. The number of methoxy groups -OCH3 is 2. The summed E-state index contributed by atoms with van der Waals surface area (Å²) in [6.45, 7) is 3.78. The summed E-state index contributed by atoms with van der Waals surface area (Å²) >= 11 is 0. The zero-order valence-electron chi connectivity index (χ0n) is 16.7. The van der Waals surface area contributed by atoms with Gasteiger partial charge in [0.05, 0.1) is 19.8 Å². The number of esters is 1. The topological polar surface area (TPSA) is 92.3 Å². The van der Waals surface area contributed by atoms with Crippen LogP contribution in [0.4, 0.5) is 0 Å². The van der Waals surface area contributed by atoms with Crippen LogP contribution in [0.25, 0.3) is 0 Å². The molecule has 0 spiro atoms. The van der Waals surface area contributed by atoms with E-state index in [2.05, 4.69) is 5.32 Å². The number of rotatable bonds is 7. The van der Waals surface area contributed by atoms with Crippen LogP contribution in [0, 0.1) is 6.92 Å². The highest BCUT2D eigenvalue weighted by Gasteiger charge is 2.21. The zero-order valence-corrected chi connectivity index (χ0v) is 16.7. The van der Waals surface area contributed by atoms with Crippen molar-refractivity contribution in [1.82, 2.24) is 5.32 Å². The van der Waals surface area contributed by atoms with Crippen LogP contribution in [0.15, 0.2) is 30.3 Å². The fourth-order valence-corrected chi connectivity index (χ4v) is 2.87. The molecule has 1 aliphatic rings. The van der Waals surface area contributed by atoms with Crippen molar-refractivity contribution >= 4 is 11.9 Å². The molecular formula is C21H23NO7. The molecule has 1 heterocycles. The Morgan fingerprint density at radius 2 is 1.72 bits per heavy atom. The minimum absolute atomic E-state index is 0.187. The van der Waals surface area contributed by atoms with Crippen LogP contribution < -0.4 is 24.3 Å². The van der Waals surface area contributed by atoms with Gasteiger partial charge in [0.1, 0.15) is 11.5 Å². The number of amides is 1. The third kappa shape index (κ3) is 4.53. The molecule has 3 rings (SSSR count). The maximum absolute atomic E-state index is 12.5. The summed E-state index contributed by atoms with van der Waals surface area (Å²) in [6, 6.07) is 8.51. The van der Waals surface area contributed by atoms with E-state index >= 15 is 0 Å². The van der Waals surface area contributed by atoms with Crippen LogP contribution in [0.2, 0.25) is 0 Å². The molecule has 2 aromatic rings. The van der Waals surface area contributed by atoms with E-state index in [-0.39, 0.29) is 18.9 Å². The summed E-state index contributed by atoms with van der Waals surface area (Å²) in [4.78, 5) is 24.8. The van der Waals surface area contributed by atoms with Crippen LogP contribution in [0.3, 0.4) is 0 Å². The van der Waals surface area contributed by atoms with Gasteiger partial charge in [-0.2, -0.15) is 0 Å². The van der Waals surface area contributed by atoms with Crippen molar-refractivity contribution in [2.45, 2.75) is 26.5 Å². The summed E-state index contributed by atoms with van der Waals surface area (Å²) in [7, 11) is 3.01. The van der Waals surface area contributed by atoms with Crippen LogP contribution >= 0.6 is 0 Å². The van der Waals surface area contributed by atoms with E-state index in [1.807, 2.05) is 13.0 Å². The molecule has 0 aliphatic carbocycles. The van der Waals surface area contributed by atoms with E-state index in [4.69, 9.17) is 23.7 Å². The Bertz CT molecular complexity index is 900. The van der Waals surface area contributed by atoms with Crippen molar-refractivity contribution in [1.29, 1.82) is 0 Å². The first kappa shape index (κ1) is 20.3. The first-order valence-corrected chi connectivity index (χ1v) is 9.02. The number of nitrogens with one attached hydrogen (secondary N) is 1. The van der Waals surface area contributed by atoms with Gasteiger partial charge in [-0.1, -0.05) is 6.07 Å². The van der Waals surface area contributed by atoms with Crippen molar-refractivity contribution in [3.8, 4) is 23.0 Å². The Morgan fingerprint density at radius 1 is 1.07 bits per heavy atom. The molecule has 29 heavy (non-hydrogen) atoms. The fourth-order valence-electron chi connectivity index (χ4n) is 2.87. The normalized spacial score (nSPS) is 12.8. The van der Waals surface area contributed by atoms with Gasteiger partial charge in [0.15, 0.2) is 17.6 Å². The minimum atomic E-state index is -0.977. The third-order valence-corrected chi connectivity index (χ3v) is 4.54. The maximum Gasteiger partial charge on any atom is 0.339 e. The highest BCUT2D eigenvalue weighted by Crippen LogP contribution is 2.32. The number of ether oxygens (including phenoxy) is 5. The Hall–Kier alpha value is -3.42. The third-order valence-electron chi connectivity index (χ3n) is 4.54. The van der Waals surface area contributed by atoms with Gasteiger partial charge in [-0.05, 0) is 43.7 Å². The molecule has 0 saturated heterocycles. The zero-order chi connectivity index (χ0) is 21.0. The van der Waals surface area contributed by atoms with Gasteiger partial charge < -0.3 is 29.0 Å². The molecule has 8 nitrogen and oxygen atoms in total. The number of hydrogen-bond acceptors (Lipinski definition) is 7. The number of benzene rings is 2. The smallest absolute Gasteiger partial charge is 0.339 e. The lowest BCUT2D eigenvalue weighted by Gasteiger charge is -2.15. The highest BCUT2D eigenvalue weighted by atomic mass is 16.7. The monoisotopic (exact) mass is 401 g/mol. The molecule has 0 saturated carbocycles. The lowest BCUT2D eigenvalue weighted by atomic mass is 10.1. The SMILES string of the molecule is COc1cc(C(=O)O[C@H](C)C(=O)NCc2ccc3c(c2)OCO3)cc(OC)c1C. The average Bonchev–Trinajstić information content (AvgIpc) is 3.19. The van der Waals surface area contributed by atoms with E-state index in [0.29, 0.717) is 23.0 Å². The quantitative estimate of drug-likeness (QED) is 0.713. The van der Waals surface area contributed by atoms with Crippen LogP contribution in [0.5, 0.6) is 23.0 Å². The van der Waals surface area contributed by atoms with Gasteiger partial charge in [-0.3, -0.25) is 4.79 Å². The summed E-state index contributed by atoms with van der Waals surface area (Å²) in [5, 5.41) is 2.74. The Morgan fingerprint density at radius 3 is 2.38 bits per heavy atom. The predicted molar refractivity (Wildman–Crippen MR) is 104 cm³/mol. The molecule has 0 unspecified atom stereocenters.